The van der Waals surface area contributed by atoms with Gasteiger partial charge in [0, 0.05) is 24.5 Å². The van der Waals surface area contributed by atoms with Crippen LogP contribution in [0, 0.1) is 0 Å². The molecular formula is C21H26N2O5S2. The third kappa shape index (κ3) is 5.54. The lowest BCUT2D eigenvalue weighted by Gasteiger charge is -2.27. The molecule has 2 aromatic carbocycles. The molecule has 0 saturated carbocycles. The lowest BCUT2D eigenvalue weighted by molar-refractivity contribution is 0.0300. The van der Waals surface area contributed by atoms with Crippen LogP contribution in [0.2, 0.25) is 0 Å². The van der Waals surface area contributed by atoms with Gasteiger partial charge in [0.2, 0.25) is 10.0 Å². The standard InChI is InChI=1S/C21H26N2O5S2/c1-27-17-5-3-16(4-6-17)9-10-22-30(25,26)18-7-8-20(29-2)19(15-18)21(24)23-11-13-28-14-12-23/h3-8,15,22H,9-14H2,1-2H3. The SMILES string of the molecule is COc1ccc(CCNS(=O)(=O)c2ccc(SC)c(C(=O)N3CCOCC3)c2)cc1. The van der Waals surface area contributed by atoms with Crippen LogP contribution in [0.5, 0.6) is 5.75 Å². The third-order valence-corrected chi connectivity index (χ3v) is 7.13. The van der Waals surface area contributed by atoms with Crippen LogP contribution in [0.1, 0.15) is 15.9 Å². The molecule has 1 heterocycles. The van der Waals surface area contributed by atoms with E-state index in [-0.39, 0.29) is 17.3 Å². The summed E-state index contributed by atoms with van der Waals surface area (Å²) >= 11 is 1.42. The van der Waals surface area contributed by atoms with Crippen LogP contribution in [0.15, 0.2) is 52.3 Å². The summed E-state index contributed by atoms with van der Waals surface area (Å²) < 4.78 is 38.6. The molecule has 0 unspecified atom stereocenters. The number of methoxy groups -OCH3 is 1. The molecule has 1 aliphatic heterocycles. The summed E-state index contributed by atoms with van der Waals surface area (Å²) in [7, 11) is -2.13. The quantitative estimate of drug-likeness (QED) is 0.622. The van der Waals surface area contributed by atoms with Crippen molar-refractivity contribution in [3.8, 4) is 5.75 Å². The van der Waals surface area contributed by atoms with Gasteiger partial charge >= 0.3 is 0 Å². The van der Waals surface area contributed by atoms with Gasteiger partial charge in [0.05, 0.1) is 30.8 Å². The molecule has 0 spiro atoms. The summed E-state index contributed by atoms with van der Waals surface area (Å²) in [5, 5.41) is 0. The third-order valence-electron chi connectivity index (χ3n) is 4.87. The Morgan fingerprint density at radius 2 is 1.87 bits per heavy atom. The topological polar surface area (TPSA) is 84.9 Å². The number of hydrogen-bond donors (Lipinski definition) is 1. The highest BCUT2D eigenvalue weighted by atomic mass is 32.2. The first-order valence-corrected chi connectivity index (χ1v) is 12.3. The molecule has 0 atom stereocenters. The largest absolute Gasteiger partial charge is 0.497 e. The monoisotopic (exact) mass is 450 g/mol. The van der Waals surface area contributed by atoms with E-state index < -0.39 is 10.0 Å². The van der Waals surface area contributed by atoms with Gasteiger partial charge < -0.3 is 14.4 Å². The molecule has 1 fully saturated rings. The molecule has 7 nitrogen and oxygen atoms in total. The van der Waals surface area contributed by atoms with E-state index >= 15 is 0 Å². The van der Waals surface area contributed by atoms with Gasteiger partial charge in [0.1, 0.15) is 5.75 Å². The Bertz CT molecular complexity index is 971. The highest BCUT2D eigenvalue weighted by Gasteiger charge is 2.23. The maximum Gasteiger partial charge on any atom is 0.255 e. The Kier molecular flexibility index (Phi) is 7.76. The number of amides is 1. The number of thioether (sulfide) groups is 1. The van der Waals surface area contributed by atoms with Crippen LogP contribution in [-0.4, -0.2) is 65.4 Å². The molecule has 162 valence electrons. The number of sulfonamides is 1. The number of nitrogens with zero attached hydrogens (tertiary/aromatic N) is 1. The van der Waals surface area contributed by atoms with Crippen LogP contribution in [0.4, 0.5) is 0 Å². The second kappa shape index (κ2) is 10.3. The van der Waals surface area contributed by atoms with E-state index in [0.29, 0.717) is 38.3 Å². The Hall–Kier alpha value is -2.07. The molecule has 1 aliphatic rings. The molecule has 1 N–H and O–H groups in total. The van der Waals surface area contributed by atoms with Crippen molar-refractivity contribution in [3.05, 3.63) is 53.6 Å². The van der Waals surface area contributed by atoms with E-state index in [1.54, 1.807) is 18.1 Å². The fraction of sp³-hybridized carbons (Fsp3) is 0.381. The lowest BCUT2D eigenvalue weighted by atomic mass is 10.1. The zero-order chi connectivity index (χ0) is 21.6. The molecule has 0 radical (unpaired) electrons. The summed E-state index contributed by atoms with van der Waals surface area (Å²) in [5.41, 5.74) is 1.40. The Labute approximate surface area is 181 Å². The van der Waals surface area contributed by atoms with Crippen molar-refractivity contribution in [1.29, 1.82) is 0 Å². The molecular weight excluding hydrogens is 424 g/mol. The summed E-state index contributed by atoms with van der Waals surface area (Å²) in [5.74, 6) is 0.587. The molecule has 0 aromatic heterocycles. The minimum Gasteiger partial charge on any atom is -0.497 e. The molecule has 1 saturated heterocycles. The number of rotatable bonds is 8. The summed E-state index contributed by atoms with van der Waals surface area (Å²) in [6.45, 7) is 2.25. The van der Waals surface area contributed by atoms with Crippen LogP contribution >= 0.6 is 11.8 Å². The molecule has 1 amide bonds. The van der Waals surface area contributed by atoms with Crippen LogP contribution in [-0.2, 0) is 21.2 Å². The fourth-order valence-electron chi connectivity index (χ4n) is 3.16. The van der Waals surface area contributed by atoms with Gasteiger partial charge in [-0.1, -0.05) is 12.1 Å². The number of benzene rings is 2. The van der Waals surface area contributed by atoms with Crippen molar-refractivity contribution in [3.63, 3.8) is 0 Å². The van der Waals surface area contributed by atoms with E-state index in [4.69, 9.17) is 9.47 Å². The molecule has 0 bridgehead atoms. The first kappa shape index (κ1) is 22.6. The van der Waals surface area contributed by atoms with Gasteiger partial charge in [-0.3, -0.25) is 4.79 Å². The van der Waals surface area contributed by atoms with Crippen molar-refractivity contribution >= 4 is 27.7 Å². The van der Waals surface area contributed by atoms with Crippen molar-refractivity contribution in [2.75, 3.05) is 46.2 Å². The Morgan fingerprint density at radius 3 is 2.50 bits per heavy atom. The number of morpholine rings is 1. The molecule has 2 aromatic rings. The fourth-order valence-corrected chi connectivity index (χ4v) is 4.79. The molecule has 3 rings (SSSR count). The second-order valence-electron chi connectivity index (χ2n) is 6.76. The summed E-state index contributed by atoms with van der Waals surface area (Å²) in [4.78, 5) is 15.5. The summed E-state index contributed by atoms with van der Waals surface area (Å²) in [6.07, 6.45) is 2.42. The molecule has 9 heteroatoms. The van der Waals surface area contributed by atoms with Gasteiger partial charge in [-0.15, -0.1) is 11.8 Å². The van der Waals surface area contributed by atoms with Crippen LogP contribution in [0.3, 0.4) is 0 Å². The number of carbonyl (C=O) groups excluding carboxylic acids is 1. The highest BCUT2D eigenvalue weighted by Crippen LogP contribution is 2.25. The van der Waals surface area contributed by atoms with Crippen LogP contribution < -0.4 is 9.46 Å². The van der Waals surface area contributed by atoms with E-state index in [9.17, 15) is 13.2 Å². The maximum atomic E-state index is 12.9. The summed E-state index contributed by atoms with van der Waals surface area (Å²) in [6, 6.07) is 12.2. The average molecular weight is 451 g/mol. The smallest absolute Gasteiger partial charge is 0.255 e. The van der Waals surface area contributed by atoms with Crippen molar-refractivity contribution in [1.82, 2.24) is 9.62 Å². The Morgan fingerprint density at radius 1 is 1.17 bits per heavy atom. The molecule has 0 aliphatic carbocycles. The maximum absolute atomic E-state index is 12.9. The molecule has 30 heavy (non-hydrogen) atoms. The highest BCUT2D eigenvalue weighted by molar-refractivity contribution is 7.98. The number of carbonyl (C=O) groups is 1. The van der Waals surface area contributed by atoms with Gasteiger partial charge in [0.15, 0.2) is 0 Å². The minimum absolute atomic E-state index is 0.0895. The van der Waals surface area contributed by atoms with Crippen molar-refractivity contribution < 1.29 is 22.7 Å². The van der Waals surface area contributed by atoms with E-state index in [0.717, 1.165) is 16.2 Å². The van der Waals surface area contributed by atoms with Crippen molar-refractivity contribution in [2.45, 2.75) is 16.2 Å². The lowest BCUT2D eigenvalue weighted by Crippen LogP contribution is -2.41. The zero-order valence-corrected chi connectivity index (χ0v) is 18.7. The second-order valence-corrected chi connectivity index (χ2v) is 9.38. The van der Waals surface area contributed by atoms with E-state index in [1.807, 2.05) is 30.5 Å². The zero-order valence-electron chi connectivity index (χ0n) is 17.1. The number of hydrogen-bond acceptors (Lipinski definition) is 6. The average Bonchev–Trinajstić information content (AvgIpc) is 2.79. The van der Waals surface area contributed by atoms with Gasteiger partial charge in [-0.25, -0.2) is 13.1 Å². The van der Waals surface area contributed by atoms with Gasteiger partial charge in [-0.2, -0.15) is 0 Å². The van der Waals surface area contributed by atoms with Crippen molar-refractivity contribution in [2.24, 2.45) is 0 Å². The Balaban J connectivity index is 1.72. The van der Waals surface area contributed by atoms with E-state index in [2.05, 4.69) is 4.72 Å². The normalized spacial score (nSPS) is 14.5. The van der Waals surface area contributed by atoms with Crippen LogP contribution in [0.25, 0.3) is 0 Å². The van der Waals surface area contributed by atoms with E-state index in [1.165, 1.54) is 23.9 Å². The number of nitrogens with one attached hydrogen (secondary N) is 1. The first-order chi connectivity index (χ1) is 14.4. The predicted molar refractivity (Wildman–Crippen MR) is 117 cm³/mol. The van der Waals surface area contributed by atoms with Gasteiger partial charge in [-0.05, 0) is 48.6 Å². The predicted octanol–water partition coefficient (Wildman–Crippen LogP) is 2.41. The minimum atomic E-state index is -3.73. The first-order valence-electron chi connectivity index (χ1n) is 9.62. The number of ether oxygens (including phenoxy) is 2. The van der Waals surface area contributed by atoms with Gasteiger partial charge in [0.25, 0.3) is 5.91 Å².